The zero-order chi connectivity index (χ0) is 22.4. The van der Waals surface area contributed by atoms with Gasteiger partial charge in [0.2, 0.25) is 0 Å². The van der Waals surface area contributed by atoms with Crippen molar-refractivity contribution in [2.45, 2.75) is 33.6 Å². The summed E-state index contributed by atoms with van der Waals surface area (Å²) in [6, 6.07) is 31.4. The maximum atomic E-state index is 12.1. The first-order chi connectivity index (χ1) is 14.8. The summed E-state index contributed by atoms with van der Waals surface area (Å²) >= 11 is 8.01. The third-order valence-corrected chi connectivity index (χ3v) is 13.2. The van der Waals surface area contributed by atoms with Crippen LogP contribution in [-0.4, -0.2) is 18.7 Å². The first kappa shape index (κ1) is 23.5. The first-order valence-electron chi connectivity index (χ1n) is 10.8. The topological polar surface area (TPSA) is 26.3 Å². The molecule has 164 valence electrons. The average Bonchev–Trinajstić information content (AvgIpc) is 2.80. The second-order valence-electron chi connectivity index (χ2n) is 9.01. The van der Waals surface area contributed by atoms with Crippen LogP contribution in [0.1, 0.15) is 33.6 Å². The number of hydrogen-bond donors (Lipinski definition) is 0. The summed E-state index contributed by atoms with van der Waals surface area (Å²) in [7, 11) is 0. The molecular formula is C27H32ClO2P. The van der Waals surface area contributed by atoms with E-state index in [1.54, 1.807) is 0 Å². The zero-order valence-electron chi connectivity index (χ0n) is 18.6. The van der Waals surface area contributed by atoms with Crippen molar-refractivity contribution < 1.29 is 9.53 Å². The van der Waals surface area contributed by atoms with E-state index in [1.165, 1.54) is 15.9 Å². The fourth-order valence-corrected chi connectivity index (χ4v) is 10.2. The van der Waals surface area contributed by atoms with Crippen molar-refractivity contribution >= 4 is 39.1 Å². The minimum absolute atomic E-state index is 0.162. The Labute approximate surface area is 191 Å². The molecule has 0 aromatic heterocycles. The molecule has 0 atom stereocenters. The van der Waals surface area contributed by atoms with E-state index in [0.717, 1.165) is 19.0 Å². The third-order valence-electron chi connectivity index (χ3n) is 5.70. The van der Waals surface area contributed by atoms with Gasteiger partial charge in [0.1, 0.15) is 0 Å². The summed E-state index contributed by atoms with van der Waals surface area (Å²) in [5.41, 5.74) is -0.482. The van der Waals surface area contributed by atoms with Gasteiger partial charge in [-0.1, -0.05) is 0 Å². The Morgan fingerprint density at radius 2 is 1.13 bits per heavy atom. The zero-order valence-corrected chi connectivity index (χ0v) is 20.3. The fraction of sp³-hybridized carbons (Fsp3) is 0.296. The molecule has 3 aromatic rings. The normalized spacial score (nSPS) is 13.2. The molecule has 0 fully saturated rings. The van der Waals surface area contributed by atoms with Gasteiger partial charge in [-0.25, -0.2) is 0 Å². The SMILES string of the molecule is CC(C)(C)C(=O)OCCCCP(Cl)(c1ccccc1)(c1ccccc1)c1ccccc1. The molecule has 0 saturated heterocycles. The van der Waals surface area contributed by atoms with Crippen LogP contribution in [0.4, 0.5) is 0 Å². The second kappa shape index (κ2) is 9.55. The molecule has 2 nitrogen and oxygen atoms in total. The Morgan fingerprint density at radius 3 is 1.48 bits per heavy atom. The van der Waals surface area contributed by atoms with E-state index >= 15 is 0 Å². The molecule has 0 bridgehead atoms. The Hall–Kier alpha value is -2.15. The van der Waals surface area contributed by atoms with Crippen molar-refractivity contribution in [3.8, 4) is 0 Å². The Bertz CT molecular complexity index is 883. The van der Waals surface area contributed by atoms with E-state index in [0.29, 0.717) is 6.61 Å². The first-order valence-corrected chi connectivity index (χ1v) is 14.2. The monoisotopic (exact) mass is 454 g/mol. The van der Waals surface area contributed by atoms with Gasteiger partial charge in [0.05, 0.1) is 0 Å². The molecule has 0 aliphatic heterocycles. The molecule has 0 aliphatic rings. The number of rotatable bonds is 8. The van der Waals surface area contributed by atoms with Gasteiger partial charge < -0.3 is 0 Å². The van der Waals surface area contributed by atoms with Crippen molar-refractivity contribution in [1.29, 1.82) is 0 Å². The molecule has 0 radical (unpaired) electrons. The molecule has 0 aliphatic carbocycles. The minimum atomic E-state index is -3.22. The Balaban J connectivity index is 1.98. The second-order valence-corrected chi connectivity index (χ2v) is 15.6. The average molecular weight is 455 g/mol. The van der Waals surface area contributed by atoms with Crippen LogP contribution in [0.5, 0.6) is 0 Å². The van der Waals surface area contributed by atoms with Crippen LogP contribution in [0.2, 0.25) is 0 Å². The molecule has 3 rings (SSSR count). The van der Waals surface area contributed by atoms with Gasteiger partial charge in [0, 0.05) is 0 Å². The number of ether oxygens (including phenoxy) is 1. The molecule has 4 heteroatoms. The van der Waals surface area contributed by atoms with Crippen LogP contribution in [0.15, 0.2) is 91.0 Å². The molecule has 0 unspecified atom stereocenters. The van der Waals surface area contributed by atoms with E-state index in [4.69, 9.17) is 16.0 Å². The van der Waals surface area contributed by atoms with Crippen LogP contribution in [-0.2, 0) is 9.53 Å². The number of benzene rings is 3. The predicted octanol–water partition coefficient (Wildman–Crippen LogP) is 6.04. The third kappa shape index (κ3) is 4.86. The molecule has 0 spiro atoms. The van der Waals surface area contributed by atoms with Crippen LogP contribution in [0.25, 0.3) is 0 Å². The molecule has 0 heterocycles. The van der Waals surface area contributed by atoms with E-state index in [-0.39, 0.29) is 5.97 Å². The number of carbonyl (C=O) groups is 1. The van der Waals surface area contributed by atoms with Gasteiger partial charge in [-0.05, 0) is 0 Å². The maximum absolute atomic E-state index is 12.1. The number of unbranched alkanes of at least 4 members (excludes halogenated alkanes) is 1. The molecule has 3 aromatic carbocycles. The molecule has 0 N–H and O–H groups in total. The fourth-order valence-electron chi connectivity index (χ4n) is 3.94. The number of carbonyl (C=O) groups excluding carboxylic acids is 1. The van der Waals surface area contributed by atoms with Crippen molar-refractivity contribution in [3.63, 3.8) is 0 Å². The summed E-state index contributed by atoms with van der Waals surface area (Å²) in [6.45, 7) is 6.04. The molecule has 0 saturated carbocycles. The van der Waals surface area contributed by atoms with Gasteiger partial charge in [-0.15, -0.1) is 0 Å². The van der Waals surface area contributed by atoms with Gasteiger partial charge in [0.25, 0.3) is 0 Å². The van der Waals surface area contributed by atoms with Crippen molar-refractivity contribution in [2.24, 2.45) is 5.41 Å². The summed E-state index contributed by atoms with van der Waals surface area (Å²) in [5, 5.41) is 3.50. The Morgan fingerprint density at radius 1 is 0.742 bits per heavy atom. The van der Waals surface area contributed by atoms with Crippen LogP contribution in [0, 0.1) is 5.41 Å². The quantitative estimate of drug-likeness (QED) is 0.235. The van der Waals surface area contributed by atoms with Crippen molar-refractivity contribution in [1.82, 2.24) is 0 Å². The molecule has 31 heavy (non-hydrogen) atoms. The predicted molar refractivity (Wildman–Crippen MR) is 136 cm³/mol. The van der Waals surface area contributed by atoms with Crippen molar-refractivity contribution in [3.05, 3.63) is 91.0 Å². The van der Waals surface area contributed by atoms with Gasteiger partial charge in [-0.2, -0.15) is 0 Å². The van der Waals surface area contributed by atoms with Gasteiger partial charge >= 0.3 is 191 Å². The van der Waals surface area contributed by atoms with E-state index in [9.17, 15) is 4.79 Å². The number of hydrogen-bond acceptors (Lipinski definition) is 2. The summed E-state index contributed by atoms with van der Waals surface area (Å²) in [4.78, 5) is 12.1. The van der Waals surface area contributed by atoms with Crippen LogP contribution >= 0.6 is 17.2 Å². The number of halogens is 1. The number of esters is 1. The molecule has 0 amide bonds. The van der Waals surface area contributed by atoms with E-state index in [1.807, 2.05) is 39.0 Å². The van der Waals surface area contributed by atoms with Crippen LogP contribution < -0.4 is 15.9 Å². The van der Waals surface area contributed by atoms with Crippen molar-refractivity contribution in [2.75, 3.05) is 12.8 Å². The summed E-state index contributed by atoms with van der Waals surface area (Å²) in [6.07, 6.45) is 2.44. The summed E-state index contributed by atoms with van der Waals surface area (Å²) < 4.78 is 5.50. The molecular weight excluding hydrogens is 423 g/mol. The van der Waals surface area contributed by atoms with E-state index in [2.05, 4.69) is 72.8 Å². The van der Waals surface area contributed by atoms with Crippen LogP contribution in [0.3, 0.4) is 0 Å². The Kier molecular flexibility index (Phi) is 7.24. The standard InChI is InChI=1S/C27H32ClO2P/c1-27(2,3)26(29)30-21-13-14-22-31(28,23-15-7-4-8-16-23,24-17-9-5-10-18-24)25-19-11-6-12-20-25/h4-12,15-20H,13-14,21-22H2,1-3H3. The van der Waals surface area contributed by atoms with E-state index < -0.39 is 11.4 Å². The summed E-state index contributed by atoms with van der Waals surface area (Å²) in [5.74, 6) is -3.38. The van der Waals surface area contributed by atoms with Gasteiger partial charge in [0.15, 0.2) is 0 Å². The van der Waals surface area contributed by atoms with Gasteiger partial charge in [-0.3, -0.25) is 0 Å².